The summed E-state index contributed by atoms with van der Waals surface area (Å²) >= 11 is 12.1. The first-order valence-electron chi connectivity index (χ1n) is 8.05. The Morgan fingerprint density at radius 1 is 1.07 bits per heavy atom. The highest BCUT2D eigenvalue weighted by Gasteiger charge is 2.31. The molecule has 2 rings (SSSR count). The number of rotatable bonds is 7. The van der Waals surface area contributed by atoms with Gasteiger partial charge in [0.2, 0.25) is 15.9 Å². The third-order valence-corrected chi connectivity index (χ3v) is 5.64. The summed E-state index contributed by atoms with van der Waals surface area (Å²) in [6, 6.07) is 8.13. The van der Waals surface area contributed by atoms with Gasteiger partial charge in [-0.2, -0.15) is 0 Å². The van der Waals surface area contributed by atoms with Gasteiger partial charge in [-0.3, -0.25) is 9.10 Å². The molecule has 10 heteroatoms. The normalized spacial score (nSPS) is 12.2. The molecular weight excluding hydrogens is 427 g/mol. The summed E-state index contributed by atoms with van der Waals surface area (Å²) in [6.45, 7) is 1.46. The molecule has 2 aromatic carbocycles. The number of nitrogens with one attached hydrogen (secondary N) is 1. The van der Waals surface area contributed by atoms with Crippen LogP contribution in [0.15, 0.2) is 36.4 Å². The molecule has 152 valence electrons. The highest BCUT2D eigenvalue weighted by atomic mass is 35.5. The van der Waals surface area contributed by atoms with Crippen molar-refractivity contribution in [1.82, 2.24) is 0 Å². The summed E-state index contributed by atoms with van der Waals surface area (Å²) in [5.74, 6) is 0.157. The van der Waals surface area contributed by atoms with Gasteiger partial charge in [0.05, 0.1) is 31.2 Å². The molecule has 0 fully saturated rings. The fraction of sp³-hybridized carbons (Fsp3) is 0.278. The average Bonchev–Trinajstić information content (AvgIpc) is 2.61. The first kappa shape index (κ1) is 22.1. The minimum atomic E-state index is -3.83. The lowest BCUT2D eigenvalue weighted by molar-refractivity contribution is -0.116. The molecule has 1 N–H and O–H groups in total. The van der Waals surface area contributed by atoms with Gasteiger partial charge in [-0.25, -0.2) is 8.42 Å². The van der Waals surface area contributed by atoms with Gasteiger partial charge in [0.15, 0.2) is 0 Å². The van der Waals surface area contributed by atoms with Crippen molar-refractivity contribution in [3.05, 3.63) is 46.4 Å². The largest absolute Gasteiger partial charge is 0.495 e. The minimum absolute atomic E-state index is 0.160. The van der Waals surface area contributed by atoms with Gasteiger partial charge >= 0.3 is 0 Å². The number of carbonyl (C=O) groups excluding carboxylic acids is 1. The molecule has 0 aliphatic rings. The van der Waals surface area contributed by atoms with Gasteiger partial charge in [-0.05, 0) is 43.3 Å². The average molecular weight is 447 g/mol. The predicted molar refractivity (Wildman–Crippen MR) is 111 cm³/mol. The number of hydrogen-bond acceptors (Lipinski definition) is 5. The van der Waals surface area contributed by atoms with Crippen molar-refractivity contribution in [3.63, 3.8) is 0 Å². The zero-order valence-corrected chi connectivity index (χ0v) is 18.0. The second kappa shape index (κ2) is 8.89. The van der Waals surface area contributed by atoms with Crippen LogP contribution in [0.4, 0.5) is 11.4 Å². The molecule has 0 saturated carbocycles. The lowest BCUT2D eigenvalue weighted by atomic mass is 10.2. The number of nitrogens with zero attached hydrogens (tertiary/aromatic N) is 1. The lowest BCUT2D eigenvalue weighted by Gasteiger charge is -2.29. The molecule has 0 unspecified atom stereocenters. The third-order valence-electron chi connectivity index (χ3n) is 3.89. The fourth-order valence-corrected chi connectivity index (χ4v) is 4.20. The van der Waals surface area contributed by atoms with Gasteiger partial charge in [0.1, 0.15) is 17.5 Å². The van der Waals surface area contributed by atoms with E-state index in [-0.39, 0.29) is 11.4 Å². The van der Waals surface area contributed by atoms with Crippen LogP contribution in [0, 0.1) is 0 Å². The van der Waals surface area contributed by atoms with Crippen LogP contribution < -0.4 is 19.1 Å². The van der Waals surface area contributed by atoms with E-state index in [4.69, 9.17) is 32.7 Å². The smallest absolute Gasteiger partial charge is 0.247 e. The van der Waals surface area contributed by atoms with E-state index in [9.17, 15) is 13.2 Å². The SMILES string of the molecule is COc1ccc(NC(=O)[C@@H](C)N(c2cc(Cl)ccc2OC)S(C)(=O)=O)cc1Cl. The van der Waals surface area contributed by atoms with Crippen LogP contribution in [0.3, 0.4) is 0 Å². The van der Waals surface area contributed by atoms with E-state index in [0.717, 1.165) is 10.6 Å². The van der Waals surface area contributed by atoms with Gasteiger partial charge in [-0.1, -0.05) is 23.2 Å². The number of ether oxygens (including phenoxy) is 2. The van der Waals surface area contributed by atoms with E-state index < -0.39 is 22.0 Å². The number of hydrogen-bond donors (Lipinski definition) is 1. The molecule has 7 nitrogen and oxygen atoms in total. The van der Waals surface area contributed by atoms with Gasteiger partial charge in [-0.15, -0.1) is 0 Å². The number of anilines is 2. The number of carbonyl (C=O) groups is 1. The Hall–Kier alpha value is -2.16. The Bertz CT molecular complexity index is 982. The molecule has 28 heavy (non-hydrogen) atoms. The standard InChI is InChI=1S/C18H20Cl2N2O5S/c1-11(18(23)21-13-6-8-16(26-2)14(20)10-13)22(28(4,24)25)15-9-12(19)5-7-17(15)27-3/h5-11H,1-4H3,(H,21,23)/t11-/m1/s1. The molecule has 0 heterocycles. The van der Waals surface area contributed by atoms with Crippen LogP contribution in [0.25, 0.3) is 0 Å². The monoisotopic (exact) mass is 446 g/mol. The van der Waals surface area contributed by atoms with E-state index in [1.165, 1.54) is 39.3 Å². The highest BCUT2D eigenvalue weighted by Crippen LogP contribution is 2.34. The van der Waals surface area contributed by atoms with Crippen molar-refractivity contribution >= 4 is 50.5 Å². The maximum absolute atomic E-state index is 12.8. The van der Waals surface area contributed by atoms with Crippen LogP contribution in [0.1, 0.15) is 6.92 Å². The number of halogens is 2. The molecule has 0 radical (unpaired) electrons. The molecule has 0 aliphatic heterocycles. The second-order valence-corrected chi connectivity index (χ2v) is 8.59. The summed E-state index contributed by atoms with van der Waals surface area (Å²) in [6.07, 6.45) is 1.00. The molecule has 0 aromatic heterocycles. The minimum Gasteiger partial charge on any atom is -0.495 e. The summed E-state index contributed by atoms with van der Waals surface area (Å²) in [5, 5.41) is 3.26. The van der Waals surface area contributed by atoms with E-state index in [1.54, 1.807) is 18.2 Å². The first-order valence-corrected chi connectivity index (χ1v) is 10.7. The van der Waals surface area contributed by atoms with E-state index in [0.29, 0.717) is 21.5 Å². The molecule has 0 spiro atoms. The van der Waals surface area contributed by atoms with Crippen molar-refractivity contribution in [2.24, 2.45) is 0 Å². The third kappa shape index (κ3) is 5.01. The number of benzene rings is 2. The molecule has 1 amide bonds. The Morgan fingerprint density at radius 3 is 2.21 bits per heavy atom. The van der Waals surface area contributed by atoms with Crippen molar-refractivity contribution in [2.45, 2.75) is 13.0 Å². The molecule has 1 atom stereocenters. The van der Waals surface area contributed by atoms with Crippen LogP contribution in [0.5, 0.6) is 11.5 Å². The van der Waals surface area contributed by atoms with E-state index >= 15 is 0 Å². The first-order chi connectivity index (χ1) is 13.1. The Morgan fingerprint density at radius 2 is 1.68 bits per heavy atom. The summed E-state index contributed by atoms with van der Waals surface area (Å²) in [7, 11) is -0.959. The molecule has 0 bridgehead atoms. The Labute approximate surface area is 174 Å². The van der Waals surface area contributed by atoms with Crippen molar-refractivity contribution in [3.8, 4) is 11.5 Å². The van der Waals surface area contributed by atoms with E-state index in [1.807, 2.05) is 0 Å². The lowest BCUT2D eigenvalue weighted by Crippen LogP contribution is -2.45. The van der Waals surface area contributed by atoms with Crippen LogP contribution in [0.2, 0.25) is 10.0 Å². The zero-order valence-electron chi connectivity index (χ0n) is 15.7. The number of amides is 1. The van der Waals surface area contributed by atoms with Crippen LogP contribution in [-0.4, -0.2) is 40.8 Å². The summed E-state index contributed by atoms with van der Waals surface area (Å²) < 4.78 is 36.2. The van der Waals surface area contributed by atoms with Crippen LogP contribution >= 0.6 is 23.2 Å². The van der Waals surface area contributed by atoms with E-state index in [2.05, 4.69) is 5.32 Å². The van der Waals surface area contributed by atoms with Crippen molar-refractivity contribution in [1.29, 1.82) is 0 Å². The van der Waals surface area contributed by atoms with Gasteiger partial charge < -0.3 is 14.8 Å². The van der Waals surface area contributed by atoms with Crippen molar-refractivity contribution < 1.29 is 22.7 Å². The van der Waals surface area contributed by atoms with Crippen LogP contribution in [-0.2, 0) is 14.8 Å². The zero-order chi connectivity index (χ0) is 21.1. The topological polar surface area (TPSA) is 84.9 Å². The number of methoxy groups -OCH3 is 2. The number of sulfonamides is 1. The molecule has 0 aliphatic carbocycles. The molecular formula is C18H20Cl2N2O5S. The summed E-state index contributed by atoms with van der Waals surface area (Å²) in [4.78, 5) is 12.8. The Kier molecular flexibility index (Phi) is 7.03. The fourth-order valence-electron chi connectivity index (χ4n) is 2.61. The maximum Gasteiger partial charge on any atom is 0.247 e. The van der Waals surface area contributed by atoms with Crippen molar-refractivity contribution in [2.75, 3.05) is 30.1 Å². The van der Waals surface area contributed by atoms with Gasteiger partial charge in [0.25, 0.3) is 0 Å². The van der Waals surface area contributed by atoms with Gasteiger partial charge in [0, 0.05) is 10.7 Å². The predicted octanol–water partition coefficient (Wildman–Crippen LogP) is 3.80. The maximum atomic E-state index is 12.8. The second-order valence-electron chi connectivity index (χ2n) is 5.89. The Balaban J connectivity index is 2.39. The summed E-state index contributed by atoms with van der Waals surface area (Å²) in [5.41, 5.74) is 0.557. The highest BCUT2D eigenvalue weighted by molar-refractivity contribution is 7.92. The molecule has 2 aromatic rings. The quantitative estimate of drug-likeness (QED) is 0.698. The molecule has 0 saturated heterocycles.